The molecule has 6 heteroatoms. The summed E-state index contributed by atoms with van der Waals surface area (Å²) in [6.07, 6.45) is 4.31. The van der Waals surface area contributed by atoms with Crippen molar-refractivity contribution in [3.05, 3.63) is 15.9 Å². The van der Waals surface area contributed by atoms with E-state index in [0.717, 1.165) is 36.1 Å². The molecule has 19 heavy (non-hydrogen) atoms. The number of aryl methyl sites for hydroxylation is 2. The zero-order valence-corrected chi connectivity index (χ0v) is 13.9. The summed E-state index contributed by atoms with van der Waals surface area (Å²) in [4.78, 5) is 3.07. The van der Waals surface area contributed by atoms with Gasteiger partial charge in [0.2, 0.25) is 0 Å². The van der Waals surface area contributed by atoms with Gasteiger partial charge in [-0.1, -0.05) is 19.1 Å². The molecule has 4 nitrogen and oxygen atoms in total. The highest BCUT2D eigenvalue weighted by Gasteiger charge is 2.30. The van der Waals surface area contributed by atoms with E-state index in [1.807, 2.05) is 11.7 Å². The Labute approximate surface area is 128 Å². The highest BCUT2D eigenvalue weighted by atomic mass is 79.9. The molecule has 1 saturated carbocycles. The van der Waals surface area contributed by atoms with Crippen molar-refractivity contribution in [1.29, 1.82) is 0 Å². The fourth-order valence-electron chi connectivity index (χ4n) is 2.27. The highest BCUT2D eigenvalue weighted by Crippen LogP contribution is 2.30. The van der Waals surface area contributed by atoms with Crippen LogP contribution >= 0.6 is 28.1 Å². The van der Waals surface area contributed by atoms with Crippen molar-refractivity contribution in [3.8, 4) is 0 Å². The summed E-state index contributed by atoms with van der Waals surface area (Å²) < 4.78 is 3.14. The minimum Gasteiger partial charge on any atom is -0.393 e. The molecular formula is C13H21BrN4S. The van der Waals surface area contributed by atoms with Crippen molar-refractivity contribution in [2.75, 3.05) is 6.54 Å². The minimum absolute atomic E-state index is 0.601. The summed E-state index contributed by atoms with van der Waals surface area (Å²) in [5, 5.41) is 4.55. The predicted octanol–water partition coefficient (Wildman–Crippen LogP) is 2.39. The maximum Gasteiger partial charge on any atom is 0.0767 e. The Morgan fingerprint density at radius 2 is 2.26 bits per heavy atom. The van der Waals surface area contributed by atoms with E-state index in [9.17, 15) is 0 Å². The van der Waals surface area contributed by atoms with Gasteiger partial charge >= 0.3 is 0 Å². The van der Waals surface area contributed by atoms with Gasteiger partial charge in [-0.15, -0.1) is 0 Å². The Bertz CT molecular complexity index is 467. The van der Waals surface area contributed by atoms with Crippen LogP contribution in [-0.2, 0) is 20.0 Å². The smallest absolute Gasteiger partial charge is 0.0767 e. The molecule has 0 unspecified atom stereocenters. The summed E-state index contributed by atoms with van der Waals surface area (Å²) >= 11 is 8.66. The fourth-order valence-corrected chi connectivity index (χ4v) is 3.10. The highest BCUT2D eigenvalue weighted by molar-refractivity contribution is 9.10. The van der Waals surface area contributed by atoms with Crippen LogP contribution in [0.1, 0.15) is 37.6 Å². The number of halogens is 1. The summed E-state index contributed by atoms with van der Waals surface area (Å²) in [5.41, 5.74) is 7.99. The zero-order valence-electron chi connectivity index (χ0n) is 11.5. The van der Waals surface area contributed by atoms with Gasteiger partial charge in [0.25, 0.3) is 0 Å². The molecule has 0 bridgehead atoms. The van der Waals surface area contributed by atoms with Gasteiger partial charge in [-0.3, -0.25) is 9.58 Å². The maximum absolute atomic E-state index is 5.62. The summed E-state index contributed by atoms with van der Waals surface area (Å²) in [6, 6.07) is 0.696. The SMILES string of the molecule is CCc1nn(C)c(CN(CCC(N)=S)C2CC2)c1Br. The molecule has 2 N–H and O–H groups in total. The first-order valence-electron chi connectivity index (χ1n) is 6.75. The maximum atomic E-state index is 5.62. The van der Waals surface area contributed by atoms with E-state index in [-0.39, 0.29) is 0 Å². The van der Waals surface area contributed by atoms with Crippen molar-refractivity contribution in [2.45, 2.75) is 45.2 Å². The van der Waals surface area contributed by atoms with Gasteiger partial charge < -0.3 is 5.73 Å². The number of hydrogen-bond acceptors (Lipinski definition) is 3. The lowest BCUT2D eigenvalue weighted by Gasteiger charge is -2.22. The largest absolute Gasteiger partial charge is 0.393 e. The number of nitrogens with zero attached hydrogens (tertiary/aromatic N) is 3. The molecule has 1 aliphatic rings. The summed E-state index contributed by atoms with van der Waals surface area (Å²) in [6.45, 7) is 3.98. The number of nitrogens with two attached hydrogens (primary N) is 1. The van der Waals surface area contributed by atoms with Gasteiger partial charge in [0.05, 0.1) is 20.8 Å². The number of thiocarbonyl (C=S) groups is 1. The van der Waals surface area contributed by atoms with Gasteiger partial charge in [-0.05, 0) is 35.2 Å². The Kier molecular flexibility index (Phi) is 4.97. The zero-order chi connectivity index (χ0) is 14.0. The van der Waals surface area contributed by atoms with E-state index in [2.05, 4.69) is 32.9 Å². The predicted molar refractivity (Wildman–Crippen MR) is 85.1 cm³/mol. The lowest BCUT2D eigenvalue weighted by molar-refractivity contribution is 0.255. The van der Waals surface area contributed by atoms with Crippen LogP contribution in [0.2, 0.25) is 0 Å². The van der Waals surface area contributed by atoms with E-state index < -0.39 is 0 Å². The topological polar surface area (TPSA) is 47.1 Å². The molecule has 0 spiro atoms. The molecular weight excluding hydrogens is 324 g/mol. The summed E-state index contributed by atoms with van der Waals surface area (Å²) in [7, 11) is 2.01. The standard InChI is InChI=1S/C13H21BrN4S/c1-3-10-13(14)11(17(2)16-10)8-18(9-4-5-9)7-6-12(15)19/h9H,3-8H2,1-2H3,(H2,15,19). The Balaban J connectivity index is 2.08. The third kappa shape index (κ3) is 3.77. The molecule has 0 aliphatic heterocycles. The quantitative estimate of drug-likeness (QED) is 0.771. The average molecular weight is 345 g/mol. The summed E-state index contributed by atoms with van der Waals surface area (Å²) in [5.74, 6) is 0. The van der Waals surface area contributed by atoms with E-state index in [4.69, 9.17) is 18.0 Å². The van der Waals surface area contributed by atoms with Gasteiger partial charge in [-0.2, -0.15) is 5.10 Å². The van der Waals surface area contributed by atoms with E-state index in [0.29, 0.717) is 11.0 Å². The normalized spacial score (nSPS) is 15.2. The van der Waals surface area contributed by atoms with Gasteiger partial charge in [0.1, 0.15) is 0 Å². The molecule has 1 fully saturated rings. The van der Waals surface area contributed by atoms with Crippen LogP contribution < -0.4 is 5.73 Å². The first-order chi connectivity index (χ1) is 9.02. The van der Waals surface area contributed by atoms with Crippen LogP contribution in [0.5, 0.6) is 0 Å². The van der Waals surface area contributed by atoms with Crippen LogP contribution in [0.25, 0.3) is 0 Å². The molecule has 1 aliphatic carbocycles. The van der Waals surface area contributed by atoms with E-state index >= 15 is 0 Å². The first kappa shape index (κ1) is 14.9. The molecule has 0 aromatic carbocycles. The van der Waals surface area contributed by atoms with Gasteiger partial charge in [-0.25, -0.2) is 0 Å². The van der Waals surface area contributed by atoms with Crippen molar-refractivity contribution in [1.82, 2.24) is 14.7 Å². The third-order valence-corrected chi connectivity index (χ3v) is 4.68. The van der Waals surface area contributed by atoms with E-state index in [1.165, 1.54) is 18.5 Å². The molecule has 0 atom stereocenters. The van der Waals surface area contributed by atoms with Crippen LogP contribution in [0.15, 0.2) is 4.47 Å². The average Bonchev–Trinajstić information content (AvgIpc) is 3.15. The minimum atomic E-state index is 0.601. The molecule has 1 aromatic heterocycles. The molecule has 0 amide bonds. The molecule has 106 valence electrons. The second kappa shape index (κ2) is 6.33. The Hall–Kier alpha value is -0.460. The second-order valence-electron chi connectivity index (χ2n) is 5.10. The first-order valence-corrected chi connectivity index (χ1v) is 7.95. The van der Waals surface area contributed by atoms with Crippen molar-refractivity contribution in [3.63, 3.8) is 0 Å². The fraction of sp³-hybridized carbons (Fsp3) is 0.692. The van der Waals surface area contributed by atoms with Crippen LogP contribution in [0.3, 0.4) is 0 Å². The molecule has 1 heterocycles. The van der Waals surface area contributed by atoms with Gasteiger partial charge in [0.15, 0.2) is 0 Å². The molecule has 0 radical (unpaired) electrons. The molecule has 0 saturated heterocycles. The van der Waals surface area contributed by atoms with Crippen LogP contribution in [-0.4, -0.2) is 32.3 Å². The lowest BCUT2D eigenvalue weighted by atomic mass is 10.2. The van der Waals surface area contributed by atoms with Crippen LogP contribution in [0, 0.1) is 0 Å². The number of aromatic nitrogens is 2. The monoisotopic (exact) mass is 344 g/mol. The third-order valence-electron chi connectivity index (χ3n) is 3.56. The number of hydrogen-bond donors (Lipinski definition) is 1. The lowest BCUT2D eigenvalue weighted by Crippen LogP contribution is -2.30. The van der Waals surface area contributed by atoms with E-state index in [1.54, 1.807) is 0 Å². The van der Waals surface area contributed by atoms with Crippen LogP contribution in [0.4, 0.5) is 0 Å². The van der Waals surface area contributed by atoms with Crippen molar-refractivity contribution in [2.24, 2.45) is 12.8 Å². The van der Waals surface area contributed by atoms with Crippen molar-refractivity contribution < 1.29 is 0 Å². The second-order valence-corrected chi connectivity index (χ2v) is 6.42. The number of rotatable bonds is 7. The Morgan fingerprint density at radius 3 is 2.74 bits per heavy atom. The van der Waals surface area contributed by atoms with Gasteiger partial charge in [0, 0.05) is 32.6 Å². The molecule has 1 aromatic rings. The molecule has 2 rings (SSSR count). The van der Waals surface area contributed by atoms with Crippen molar-refractivity contribution >= 4 is 33.1 Å². The Morgan fingerprint density at radius 1 is 1.58 bits per heavy atom.